The van der Waals surface area contributed by atoms with E-state index in [9.17, 15) is 0 Å². The molecule has 0 heterocycles. The zero-order valence-corrected chi connectivity index (χ0v) is 19.8. The molecule has 0 aliphatic carbocycles. The fourth-order valence-electron chi connectivity index (χ4n) is 2.40. The summed E-state index contributed by atoms with van der Waals surface area (Å²) in [7, 11) is 10.3. The van der Waals surface area contributed by atoms with Gasteiger partial charge in [-0.3, -0.25) is 4.84 Å². The zero-order valence-electron chi connectivity index (χ0n) is 17.8. The molecule has 0 N–H and O–H groups in total. The first-order valence-electron chi connectivity index (χ1n) is 9.61. The summed E-state index contributed by atoms with van der Waals surface area (Å²) < 4.78 is 26.0. The van der Waals surface area contributed by atoms with Gasteiger partial charge in [-0.1, -0.05) is 0 Å². The Labute approximate surface area is 169 Å². The van der Waals surface area contributed by atoms with Gasteiger partial charge in [0.25, 0.3) is 0 Å². The molecule has 0 aliphatic rings. The van der Waals surface area contributed by atoms with E-state index in [4.69, 9.17) is 28.5 Å². The van der Waals surface area contributed by atoms with Crippen LogP contribution in [0.2, 0.25) is 0 Å². The van der Waals surface area contributed by atoms with Crippen molar-refractivity contribution < 1.29 is 28.5 Å². The van der Waals surface area contributed by atoms with E-state index in [-0.39, 0.29) is 12.6 Å². The average molecular weight is 429 g/mol. The van der Waals surface area contributed by atoms with E-state index in [1.54, 1.807) is 35.5 Å². The molecule has 0 saturated heterocycles. The Kier molecular flexibility index (Phi) is 21.8. The highest BCUT2D eigenvalue weighted by Crippen LogP contribution is 2.17. The molecule has 2 unspecified atom stereocenters. The molecule has 0 spiro atoms. The smallest absolute Gasteiger partial charge is 0.157 e. The summed E-state index contributed by atoms with van der Waals surface area (Å²) in [6.45, 7) is 3.39. The maximum Gasteiger partial charge on any atom is 0.157 e. The molecule has 7 nitrogen and oxygen atoms in total. The third kappa shape index (κ3) is 17.2. The Hall–Kier alpha value is 0.580. The molecule has 2 atom stereocenters. The Bertz CT molecular complexity index is 275. The van der Waals surface area contributed by atoms with Gasteiger partial charge in [-0.25, -0.2) is 0 Å². The number of hydrogen-bond donors (Lipinski definition) is 0. The topological polar surface area (TPSA) is 58.6 Å². The number of ether oxygens (including phenoxy) is 5. The summed E-state index contributed by atoms with van der Waals surface area (Å²) in [6, 6.07) is 0. The van der Waals surface area contributed by atoms with Crippen molar-refractivity contribution in [2.24, 2.45) is 0 Å². The first-order valence-corrected chi connectivity index (χ1v) is 12.4. The molecule has 0 aromatic carbocycles. The number of rotatable bonds is 21. The molecule has 9 heteroatoms. The van der Waals surface area contributed by atoms with Crippen LogP contribution in [0.1, 0.15) is 19.3 Å². The Morgan fingerprint density at radius 2 is 1.15 bits per heavy atom. The maximum atomic E-state index is 5.95. The van der Waals surface area contributed by atoms with Crippen LogP contribution in [0.4, 0.5) is 0 Å². The van der Waals surface area contributed by atoms with Crippen LogP contribution in [-0.4, -0.2) is 104 Å². The van der Waals surface area contributed by atoms with Crippen molar-refractivity contribution >= 4 is 17.2 Å². The van der Waals surface area contributed by atoms with Crippen LogP contribution in [0.25, 0.3) is 0 Å². The van der Waals surface area contributed by atoms with E-state index in [0.717, 1.165) is 80.8 Å². The zero-order chi connectivity index (χ0) is 20.2. The van der Waals surface area contributed by atoms with Gasteiger partial charge < -0.3 is 23.7 Å². The van der Waals surface area contributed by atoms with Crippen LogP contribution in [0.3, 0.4) is 0 Å². The summed E-state index contributed by atoms with van der Waals surface area (Å²) >= 11 is 0. The highest BCUT2D eigenvalue weighted by atomic mass is 31.1. The van der Waals surface area contributed by atoms with E-state index in [0.29, 0.717) is 6.61 Å². The van der Waals surface area contributed by atoms with Crippen LogP contribution < -0.4 is 0 Å². The Morgan fingerprint density at radius 3 is 1.56 bits per heavy atom. The van der Waals surface area contributed by atoms with E-state index in [1.165, 1.54) is 0 Å². The van der Waals surface area contributed by atoms with Crippen LogP contribution in [0, 0.1) is 0 Å². The summed E-state index contributed by atoms with van der Waals surface area (Å²) in [4.78, 5) is 5.95. The van der Waals surface area contributed by atoms with E-state index >= 15 is 0 Å². The molecular weight excluding hydrogens is 388 g/mol. The second-order valence-electron chi connectivity index (χ2n) is 5.99. The van der Waals surface area contributed by atoms with Gasteiger partial charge in [-0.05, 0) is 31.1 Å². The SMILES string of the molecule is COCCCON(CCPCCC(OC)OC)CCPCCC(OC)OC. The van der Waals surface area contributed by atoms with Gasteiger partial charge in [0.15, 0.2) is 12.6 Å². The van der Waals surface area contributed by atoms with Crippen molar-refractivity contribution in [3.05, 3.63) is 0 Å². The van der Waals surface area contributed by atoms with Gasteiger partial charge in [0, 0.05) is 68.1 Å². The van der Waals surface area contributed by atoms with Crippen LogP contribution in [0.15, 0.2) is 0 Å². The lowest BCUT2D eigenvalue weighted by Gasteiger charge is -2.22. The molecular formula is C18H41NO6P2. The number of nitrogens with zero attached hydrogens (tertiary/aromatic N) is 1. The minimum Gasteiger partial charge on any atom is -0.385 e. The summed E-state index contributed by atoms with van der Waals surface area (Å²) in [6.07, 6.45) is 7.19. The van der Waals surface area contributed by atoms with E-state index in [2.05, 4.69) is 5.06 Å². The largest absolute Gasteiger partial charge is 0.385 e. The number of methoxy groups -OCH3 is 5. The van der Waals surface area contributed by atoms with Crippen molar-refractivity contribution in [3.63, 3.8) is 0 Å². The summed E-state index contributed by atoms with van der Waals surface area (Å²) in [5.41, 5.74) is 0. The monoisotopic (exact) mass is 429 g/mol. The molecule has 0 rings (SSSR count). The fraction of sp³-hybridized carbons (Fsp3) is 1.00. The first-order chi connectivity index (χ1) is 13.2. The number of hydrogen-bond acceptors (Lipinski definition) is 7. The molecule has 0 radical (unpaired) electrons. The van der Waals surface area contributed by atoms with Gasteiger partial charge in [-0.15, -0.1) is 17.2 Å². The van der Waals surface area contributed by atoms with Crippen molar-refractivity contribution in [2.75, 3.05) is 86.5 Å². The lowest BCUT2D eigenvalue weighted by molar-refractivity contribution is -0.154. The van der Waals surface area contributed by atoms with Crippen LogP contribution >= 0.6 is 17.2 Å². The second kappa shape index (κ2) is 21.3. The molecule has 0 aromatic heterocycles. The minimum atomic E-state index is -0.0804. The third-order valence-corrected chi connectivity index (χ3v) is 6.45. The number of hydroxylamine groups is 2. The normalized spacial score (nSPS) is 12.9. The quantitative estimate of drug-likeness (QED) is 0.120. The Balaban J connectivity index is 3.95. The molecule has 0 aromatic rings. The van der Waals surface area contributed by atoms with Gasteiger partial charge in [0.1, 0.15) is 0 Å². The predicted octanol–water partition coefficient (Wildman–Crippen LogP) is 2.63. The van der Waals surface area contributed by atoms with Crippen molar-refractivity contribution in [1.82, 2.24) is 5.06 Å². The third-order valence-electron chi connectivity index (χ3n) is 4.01. The molecule has 0 aliphatic heterocycles. The van der Waals surface area contributed by atoms with Gasteiger partial charge in [0.2, 0.25) is 0 Å². The van der Waals surface area contributed by atoms with Crippen molar-refractivity contribution in [2.45, 2.75) is 31.8 Å². The molecule has 0 amide bonds. The summed E-state index contributed by atoms with van der Waals surface area (Å²) in [5.74, 6) is 0. The lowest BCUT2D eigenvalue weighted by atomic mass is 10.5. The van der Waals surface area contributed by atoms with E-state index < -0.39 is 0 Å². The molecule has 0 bridgehead atoms. The minimum absolute atomic E-state index is 0.0804. The van der Waals surface area contributed by atoms with Crippen LogP contribution in [0.5, 0.6) is 0 Å². The highest BCUT2D eigenvalue weighted by Gasteiger charge is 2.08. The standard InChI is InChI=1S/C18H41NO6P2/c1-20-11-6-12-25-19(9-15-26-13-7-17(21-2)22-3)10-16-27-14-8-18(23-4)24-5/h17-18,26-27H,6-16H2,1-5H3. The van der Waals surface area contributed by atoms with Crippen molar-refractivity contribution in [1.29, 1.82) is 0 Å². The fourth-order valence-corrected chi connectivity index (χ4v) is 4.59. The second-order valence-corrected chi connectivity index (χ2v) is 8.99. The van der Waals surface area contributed by atoms with Gasteiger partial charge in [0.05, 0.1) is 6.61 Å². The lowest BCUT2D eigenvalue weighted by Crippen LogP contribution is -2.29. The highest BCUT2D eigenvalue weighted by molar-refractivity contribution is 7.38. The van der Waals surface area contributed by atoms with Gasteiger partial charge >= 0.3 is 0 Å². The summed E-state index contributed by atoms with van der Waals surface area (Å²) in [5, 5.41) is 2.13. The maximum absolute atomic E-state index is 5.95. The average Bonchev–Trinajstić information content (AvgIpc) is 2.70. The first kappa shape index (κ1) is 27.6. The molecule has 164 valence electrons. The van der Waals surface area contributed by atoms with Gasteiger partial charge in [-0.2, -0.15) is 5.06 Å². The molecule has 0 saturated carbocycles. The van der Waals surface area contributed by atoms with E-state index in [1.807, 2.05) is 0 Å². The van der Waals surface area contributed by atoms with Crippen molar-refractivity contribution in [3.8, 4) is 0 Å². The predicted molar refractivity (Wildman–Crippen MR) is 115 cm³/mol. The Morgan fingerprint density at radius 1 is 0.667 bits per heavy atom. The van der Waals surface area contributed by atoms with Crippen LogP contribution in [-0.2, 0) is 28.5 Å². The molecule has 27 heavy (non-hydrogen) atoms. The molecule has 0 fully saturated rings.